The second-order valence-corrected chi connectivity index (χ2v) is 10.5. The number of ether oxygens (including phenoxy) is 1. The van der Waals surface area contributed by atoms with E-state index in [1.165, 1.54) is 0 Å². The van der Waals surface area contributed by atoms with Crippen molar-refractivity contribution in [1.29, 1.82) is 0 Å². The van der Waals surface area contributed by atoms with Crippen LogP contribution in [0.15, 0.2) is 23.8 Å². The van der Waals surface area contributed by atoms with E-state index < -0.39 is 11.6 Å². The number of aliphatic carboxylic acids is 1. The minimum atomic E-state index is -0.787. The summed E-state index contributed by atoms with van der Waals surface area (Å²) in [4.78, 5) is 23.5. The lowest BCUT2D eigenvalue weighted by atomic mass is 9.43. The molecule has 5 nitrogen and oxygen atoms in total. The fraction of sp³-hybridized carbons (Fsp3) is 0.750. The number of rotatable bonds is 3. The Morgan fingerprint density at radius 3 is 2.72 bits per heavy atom. The molecule has 0 spiro atoms. The molecule has 0 saturated heterocycles. The highest BCUT2D eigenvalue weighted by Gasteiger charge is 2.68. The number of allylic oxidation sites excluding steroid dienone is 2. The number of fused-ring (bicyclic) bond motifs is 5. The van der Waals surface area contributed by atoms with Gasteiger partial charge in [-0.15, -0.1) is 0 Å². The lowest BCUT2D eigenvalue weighted by Gasteiger charge is -2.63. The van der Waals surface area contributed by atoms with Crippen molar-refractivity contribution in [3.63, 3.8) is 0 Å². The number of carboxylic acids is 1. The molecular weight excluding hydrogens is 368 g/mol. The van der Waals surface area contributed by atoms with Gasteiger partial charge in [0, 0.05) is 11.5 Å². The zero-order chi connectivity index (χ0) is 20.4. The zero-order valence-electron chi connectivity index (χ0n) is 17.2. The summed E-state index contributed by atoms with van der Waals surface area (Å²) in [6.07, 6.45) is 13.6. The first kappa shape index (κ1) is 19.3. The van der Waals surface area contributed by atoms with E-state index in [4.69, 9.17) is 4.74 Å². The van der Waals surface area contributed by atoms with Crippen LogP contribution in [0.3, 0.4) is 0 Å². The lowest BCUT2D eigenvalue weighted by molar-refractivity contribution is -0.203. The first-order valence-electron chi connectivity index (χ1n) is 11.3. The molecule has 0 aromatic heterocycles. The third-order valence-electron chi connectivity index (χ3n) is 9.67. The summed E-state index contributed by atoms with van der Waals surface area (Å²) in [5, 5.41) is 21.9. The molecule has 29 heavy (non-hydrogen) atoms. The summed E-state index contributed by atoms with van der Waals surface area (Å²) in [6.45, 7) is 2.57. The Labute approximate surface area is 172 Å². The number of esters is 1. The average molecular weight is 401 g/mol. The number of hydrogen-bond acceptors (Lipinski definition) is 4. The Hall–Kier alpha value is -1.62. The van der Waals surface area contributed by atoms with Crippen molar-refractivity contribution < 1.29 is 24.5 Å². The number of cyclic esters (lactones) is 1. The van der Waals surface area contributed by atoms with Crippen LogP contribution in [0.1, 0.15) is 64.7 Å². The van der Waals surface area contributed by atoms with Gasteiger partial charge >= 0.3 is 11.9 Å². The molecule has 5 rings (SSSR count). The van der Waals surface area contributed by atoms with E-state index in [1.54, 1.807) is 6.08 Å². The van der Waals surface area contributed by atoms with Crippen LogP contribution in [0.2, 0.25) is 0 Å². The molecule has 1 heterocycles. The number of aliphatic hydroxyl groups is 1. The number of hydrogen-bond donors (Lipinski definition) is 2. The molecule has 0 unspecified atom stereocenters. The lowest BCUT2D eigenvalue weighted by Crippen LogP contribution is -2.62. The second-order valence-electron chi connectivity index (χ2n) is 10.5. The van der Waals surface area contributed by atoms with E-state index in [0.717, 1.165) is 56.9 Å². The average Bonchev–Trinajstić information content (AvgIpc) is 3.21. The van der Waals surface area contributed by atoms with Crippen LogP contribution < -0.4 is 0 Å². The van der Waals surface area contributed by atoms with Crippen molar-refractivity contribution in [2.75, 3.05) is 6.61 Å². The second kappa shape index (κ2) is 6.44. The van der Waals surface area contributed by atoms with Gasteiger partial charge in [0.2, 0.25) is 0 Å². The van der Waals surface area contributed by atoms with Gasteiger partial charge in [-0.25, -0.2) is 4.79 Å². The fourth-order valence-electron chi connectivity index (χ4n) is 8.40. The molecule has 158 valence electrons. The smallest absolute Gasteiger partial charge is 0.331 e. The van der Waals surface area contributed by atoms with Gasteiger partial charge < -0.3 is 14.9 Å². The minimum absolute atomic E-state index is 0.145. The number of carbonyl (C=O) groups excluding carboxylic acids is 1. The maximum absolute atomic E-state index is 12.2. The molecule has 0 bridgehead atoms. The molecule has 0 radical (unpaired) electrons. The molecule has 7 atom stereocenters. The molecule has 2 N–H and O–H groups in total. The van der Waals surface area contributed by atoms with E-state index in [-0.39, 0.29) is 41.0 Å². The molecule has 5 aliphatic rings. The van der Waals surface area contributed by atoms with Crippen LogP contribution in [-0.2, 0) is 14.3 Å². The van der Waals surface area contributed by atoms with Crippen molar-refractivity contribution in [2.45, 2.75) is 70.3 Å². The maximum Gasteiger partial charge on any atom is 0.331 e. The molecule has 3 saturated carbocycles. The van der Waals surface area contributed by atoms with Gasteiger partial charge in [-0.1, -0.05) is 19.1 Å². The van der Waals surface area contributed by atoms with Crippen LogP contribution in [0.5, 0.6) is 0 Å². The molecule has 4 aliphatic carbocycles. The van der Waals surface area contributed by atoms with Gasteiger partial charge in [0.15, 0.2) is 0 Å². The summed E-state index contributed by atoms with van der Waals surface area (Å²) < 4.78 is 5.19. The van der Waals surface area contributed by atoms with Crippen LogP contribution in [0, 0.1) is 34.5 Å². The van der Waals surface area contributed by atoms with Gasteiger partial charge in [0.25, 0.3) is 0 Å². The van der Waals surface area contributed by atoms with Crippen molar-refractivity contribution in [2.24, 2.45) is 34.5 Å². The van der Waals surface area contributed by atoms with Crippen molar-refractivity contribution in [3.8, 4) is 0 Å². The monoisotopic (exact) mass is 400 g/mol. The molecule has 0 amide bonds. The van der Waals surface area contributed by atoms with Crippen LogP contribution in [0.4, 0.5) is 0 Å². The highest BCUT2D eigenvalue weighted by atomic mass is 16.5. The minimum Gasteiger partial charge on any atom is -0.481 e. The zero-order valence-corrected chi connectivity index (χ0v) is 17.2. The Kier molecular flexibility index (Phi) is 4.29. The van der Waals surface area contributed by atoms with E-state index in [0.29, 0.717) is 12.5 Å². The van der Waals surface area contributed by atoms with E-state index in [2.05, 4.69) is 19.1 Å². The van der Waals surface area contributed by atoms with E-state index >= 15 is 0 Å². The fourth-order valence-corrected chi connectivity index (χ4v) is 8.40. The third-order valence-corrected chi connectivity index (χ3v) is 9.67. The summed E-state index contributed by atoms with van der Waals surface area (Å²) in [5.41, 5.74) is -0.230. The van der Waals surface area contributed by atoms with Gasteiger partial charge in [-0.05, 0) is 86.0 Å². The van der Waals surface area contributed by atoms with Gasteiger partial charge in [-0.2, -0.15) is 0 Å². The standard InChI is InChI=1S/C24H32O5/c1-22-10-7-18-19(6-5-16-4-2-3-9-23(16,18)13-20(25)26)24(22,28)11-8-17(22)15-12-21(27)29-14-15/h2,4,12,16-19,28H,3,5-11,13-14H2,1H3,(H,25,26)/t16-,17+,18-,19+,22+,23+,24-/m0/s1. The van der Waals surface area contributed by atoms with E-state index in [1.807, 2.05) is 0 Å². The Bertz CT molecular complexity index is 799. The Morgan fingerprint density at radius 2 is 2.00 bits per heavy atom. The predicted octanol–water partition coefficient (Wildman–Crippen LogP) is 3.86. The highest BCUT2D eigenvalue weighted by Crippen LogP contribution is 2.70. The van der Waals surface area contributed by atoms with Crippen molar-refractivity contribution in [1.82, 2.24) is 0 Å². The molecule has 0 aromatic rings. The van der Waals surface area contributed by atoms with Gasteiger partial charge in [0.1, 0.15) is 6.61 Å². The first-order valence-corrected chi connectivity index (χ1v) is 11.3. The molecule has 5 heteroatoms. The first-order chi connectivity index (χ1) is 13.8. The summed E-state index contributed by atoms with van der Waals surface area (Å²) in [7, 11) is 0. The highest BCUT2D eigenvalue weighted by molar-refractivity contribution is 5.85. The van der Waals surface area contributed by atoms with Crippen molar-refractivity contribution >= 4 is 11.9 Å². The van der Waals surface area contributed by atoms with Gasteiger partial charge in [0.05, 0.1) is 12.0 Å². The Balaban J connectivity index is 1.51. The predicted molar refractivity (Wildman–Crippen MR) is 107 cm³/mol. The number of carbonyl (C=O) groups is 2. The Morgan fingerprint density at radius 1 is 1.17 bits per heavy atom. The molecular formula is C24H32O5. The maximum atomic E-state index is 12.2. The summed E-state index contributed by atoms with van der Waals surface area (Å²) >= 11 is 0. The summed E-state index contributed by atoms with van der Waals surface area (Å²) in [6, 6.07) is 0. The quantitative estimate of drug-likeness (QED) is 0.555. The topological polar surface area (TPSA) is 83.8 Å². The summed E-state index contributed by atoms with van der Waals surface area (Å²) in [5.74, 6) is -0.0619. The van der Waals surface area contributed by atoms with E-state index in [9.17, 15) is 19.8 Å². The normalized spacial score (nSPS) is 48.3. The molecule has 3 fully saturated rings. The van der Waals surface area contributed by atoms with Crippen LogP contribution >= 0.6 is 0 Å². The largest absolute Gasteiger partial charge is 0.481 e. The molecule has 1 aliphatic heterocycles. The van der Waals surface area contributed by atoms with Gasteiger partial charge in [-0.3, -0.25) is 4.79 Å². The van der Waals surface area contributed by atoms with Crippen molar-refractivity contribution in [3.05, 3.63) is 23.8 Å². The van der Waals surface area contributed by atoms with Crippen LogP contribution in [-0.4, -0.2) is 34.4 Å². The number of carboxylic acid groups (broad SMARTS) is 1. The van der Waals surface area contributed by atoms with Crippen LogP contribution in [0.25, 0.3) is 0 Å². The SMILES string of the molecule is C[C@]12CC[C@H]3[C@@H](CC[C@@H]4C=CCC[C@@]43CC(=O)O)[C@@]1(O)CC[C@@H]2C1=CC(=O)OC1. The third kappa shape index (κ3) is 2.55. The molecule has 0 aromatic carbocycles.